The van der Waals surface area contributed by atoms with Crippen LogP contribution in [0.25, 0.3) is 0 Å². The second kappa shape index (κ2) is 7.93. The topological polar surface area (TPSA) is 279 Å². The first-order chi connectivity index (χ1) is 14.7. The Kier molecular flexibility index (Phi) is 6.05. The molecule has 4 aliphatic rings. The standard InChI is InChI=1S/C10H18N5O14P3/c11-8-10-9(13-2-12-8)14(3-15(10)27-10)7-6(17)5(16)4(26-7)1-25-31(21,22)29-32(23,24)28-30(18,19)20/h2,4-8,16-17H,1,3,11H2,(H,21,22)(H,23,24)(H2,18,19,20)/t4-,5-,6-,7-,8?,10-,15?/m1/s1. The van der Waals surface area contributed by atoms with Crippen LogP contribution in [0.3, 0.4) is 0 Å². The molecule has 19 nitrogen and oxygen atoms in total. The summed E-state index contributed by atoms with van der Waals surface area (Å²) < 4.78 is 51.0. The van der Waals surface area contributed by atoms with Crippen LogP contribution in [0.5, 0.6) is 0 Å². The molecule has 22 heteroatoms. The number of nitrogens with zero attached hydrogens (tertiary/aromatic N) is 4. The number of ether oxygens (including phenoxy) is 1. The first kappa shape index (κ1) is 24.4. The predicted molar refractivity (Wildman–Crippen MR) is 96.8 cm³/mol. The fraction of sp³-hybridized carbons (Fsp3) is 0.800. The van der Waals surface area contributed by atoms with Crippen molar-refractivity contribution < 1.29 is 66.2 Å². The van der Waals surface area contributed by atoms with Crippen LogP contribution >= 0.6 is 23.5 Å². The molecular weight excluding hydrogens is 507 g/mol. The molecule has 0 amide bonds. The minimum absolute atomic E-state index is 0.0347. The predicted octanol–water partition coefficient (Wildman–Crippen LogP) is -3.28. The maximum absolute atomic E-state index is 11.8. The molecule has 182 valence electrons. The SMILES string of the molecule is NC1N=CN=C2N([C@@H]3O[C@H](COP(=O)(O)OP(=O)(O)OP(=O)(O)O)[C@@H](O)[C@H]3O)CN3O[C@@]213. The lowest BCUT2D eigenvalue weighted by atomic mass is 10.1. The number of phosphoric ester groups is 1. The lowest BCUT2D eigenvalue weighted by molar-refractivity contribution is -0.0835. The van der Waals surface area contributed by atoms with Gasteiger partial charge in [-0.05, 0) is 0 Å². The summed E-state index contributed by atoms with van der Waals surface area (Å²) in [6.07, 6.45) is -5.47. The molecule has 0 aromatic carbocycles. The molecule has 3 saturated heterocycles. The van der Waals surface area contributed by atoms with Crippen LogP contribution in [0.4, 0.5) is 0 Å². The van der Waals surface area contributed by atoms with Gasteiger partial charge in [0.05, 0.1) is 6.61 Å². The number of aliphatic imine (C=N–C) groups is 2. The second-order valence-electron chi connectivity index (χ2n) is 6.87. The highest BCUT2D eigenvalue weighted by Gasteiger charge is 2.73. The summed E-state index contributed by atoms with van der Waals surface area (Å²) in [6.45, 7) is -0.905. The van der Waals surface area contributed by atoms with Crippen molar-refractivity contribution in [3.8, 4) is 0 Å². The van der Waals surface area contributed by atoms with Crippen molar-refractivity contribution in [2.24, 2.45) is 15.7 Å². The second-order valence-corrected chi connectivity index (χ2v) is 11.3. The van der Waals surface area contributed by atoms with Gasteiger partial charge in [0.15, 0.2) is 18.2 Å². The first-order valence-electron chi connectivity index (χ1n) is 8.54. The molecule has 0 aliphatic carbocycles. The molecule has 0 saturated carbocycles. The summed E-state index contributed by atoms with van der Waals surface area (Å²) in [6, 6.07) is 0. The third kappa shape index (κ3) is 4.49. The number of phosphoric acid groups is 3. The van der Waals surface area contributed by atoms with Crippen LogP contribution in [0.15, 0.2) is 9.98 Å². The lowest BCUT2D eigenvalue weighted by Crippen LogP contribution is -2.53. The Hall–Kier alpha value is -0.690. The zero-order valence-corrected chi connectivity index (χ0v) is 18.2. The van der Waals surface area contributed by atoms with E-state index in [0.717, 1.165) is 0 Å². The van der Waals surface area contributed by atoms with E-state index in [2.05, 4.69) is 23.1 Å². The van der Waals surface area contributed by atoms with E-state index < -0.39 is 66.5 Å². The number of nitrogens with two attached hydrogens (primary N) is 1. The molecule has 0 aromatic rings. The number of aliphatic hydroxyl groups is 2. The van der Waals surface area contributed by atoms with Crippen molar-refractivity contribution in [3.63, 3.8) is 0 Å². The Labute approximate surface area is 178 Å². The van der Waals surface area contributed by atoms with Gasteiger partial charge in [0.25, 0.3) is 5.72 Å². The number of amidine groups is 1. The van der Waals surface area contributed by atoms with E-state index in [1.54, 1.807) is 0 Å². The number of aliphatic hydroxyl groups excluding tert-OH is 2. The van der Waals surface area contributed by atoms with Gasteiger partial charge in [-0.25, -0.2) is 23.7 Å². The molecule has 3 fully saturated rings. The van der Waals surface area contributed by atoms with Crippen LogP contribution in [0.2, 0.25) is 0 Å². The van der Waals surface area contributed by atoms with Crippen LogP contribution in [-0.2, 0) is 36.4 Å². The van der Waals surface area contributed by atoms with Gasteiger partial charge in [-0.15, -0.1) is 5.06 Å². The fourth-order valence-electron chi connectivity index (χ4n) is 3.40. The first-order valence-corrected chi connectivity index (χ1v) is 13.1. The summed E-state index contributed by atoms with van der Waals surface area (Å²) >= 11 is 0. The van der Waals surface area contributed by atoms with Crippen LogP contribution in [0, 0.1) is 0 Å². The van der Waals surface area contributed by atoms with E-state index in [1.807, 2.05) is 0 Å². The summed E-state index contributed by atoms with van der Waals surface area (Å²) in [7, 11) is -16.7. The van der Waals surface area contributed by atoms with Crippen LogP contribution in [-0.4, -0.2) is 102 Å². The number of hydrogen-bond acceptors (Lipinski definition) is 15. The van der Waals surface area contributed by atoms with Crippen molar-refractivity contribution in [1.29, 1.82) is 0 Å². The molecule has 32 heavy (non-hydrogen) atoms. The molecule has 8 N–H and O–H groups in total. The number of hydroxylamine groups is 2. The van der Waals surface area contributed by atoms with Crippen molar-refractivity contribution in [1.82, 2.24) is 9.96 Å². The number of hydrogen-bond donors (Lipinski definition) is 7. The van der Waals surface area contributed by atoms with Crippen LogP contribution < -0.4 is 5.73 Å². The summed E-state index contributed by atoms with van der Waals surface area (Å²) in [4.78, 5) is 50.5. The summed E-state index contributed by atoms with van der Waals surface area (Å²) in [5, 5.41) is 22.0. The highest BCUT2D eigenvalue weighted by molar-refractivity contribution is 7.66. The van der Waals surface area contributed by atoms with E-state index in [-0.39, 0.29) is 12.5 Å². The largest absolute Gasteiger partial charge is 0.490 e. The van der Waals surface area contributed by atoms with Crippen molar-refractivity contribution >= 4 is 35.6 Å². The Morgan fingerprint density at radius 3 is 2.50 bits per heavy atom. The normalized spacial score (nSPS) is 42.1. The Morgan fingerprint density at radius 1 is 1.16 bits per heavy atom. The van der Waals surface area contributed by atoms with E-state index in [4.69, 9.17) is 30.0 Å². The van der Waals surface area contributed by atoms with Gasteiger partial charge < -0.3 is 45.2 Å². The molecule has 0 bridgehead atoms. The molecule has 4 unspecified atom stereocenters. The Balaban J connectivity index is 1.39. The maximum Gasteiger partial charge on any atom is 0.490 e. The van der Waals surface area contributed by atoms with Gasteiger partial charge in [-0.2, -0.15) is 8.62 Å². The lowest BCUT2D eigenvalue weighted by Gasteiger charge is -2.31. The maximum atomic E-state index is 11.8. The molecule has 4 rings (SSSR count). The van der Waals surface area contributed by atoms with Crippen molar-refractivity contribution in [2.45, 2.75) is 36.4 Å². The van der Waals surface area contributed by atoms with E-state index in [9.17, 15) is 28.8 Å². The van der Waals surface area contributed by atoms with Crippen molar-refractivity contribution in [3.05, 3.63) is 0 Å². The minimum Gasteiger partial charge on any atom is -0.387 e. The van der Waals surface area contributed by atoms with Gasteiger partial charge in [0.1, 0.15) is 31.3 Å². The fourth-order valence-corrected chi connectivity index (χ4v) is 6.43. The quantitative estimate of drug-likeness (QED) is 0.121. The molecule has 9 atom stereocenters. The average molecular weight is 525 g/mol. The minimum atomic E-state index is -5.70. The third-order valence-electron chi connectivity index (χ3n) is 4.73. The van der Waals surface area contributed by atoms with Gasteiger partial charge in [-0.3, -0.25) is 9.36 Å². The summed E-state index contributed by atoms with van der Waals surface area (Å²) in [5.74, 6) is 0.254. The molecule has 1 spiro atoms. The zero-order valence-electron chi connectivity index (χ0n) is 15.5. The molecule has 0 radical (unpaired) electrons. The highest BCUT2D eigenvalue weighted by atomic mass is 31.3. The van der Waals surface area contributed by atoms with Gasteiger partial charge >= 0.3 is 23.5 Å². The Morgan fingerprint density at radius 2 is 1.84 bits per heavy atom. The molecular formula is C10H18N5O14P3. The monoisotopic (exact) mass is 525 g/mol. The molecule has 4 heterocycles. The summed E-state index contributed by atoms with van der Waals surface area (Å²) in [5.41, 5.74) is 4.78. The van der Waals surface area contributed by atoms with Crippen LogP contribution in [0.1, 0.15) is 0 Å². The third-order valence-corrected chi connectivity index (χ3v) is 8.53. The number of rotatable bonds is 8. The van der Waals surface area contributed by atoms with E-state index >= 15 is 0 Å². The average Bonchev–Trinajstić information content (AvgIpc) is 3.13. The van der Waals surface area contributed by atoms with Gasteiger partial charge in [0, 0.05) is 0 Å². The van der Waals surface area contributed by atoms with Crippen molar-refractivity contribution in [2.75, 3.05) is 13.3 Å². The Bertz CT molecular complexity index is 988. The van der Waals surface area contributed by atoms with E-state index in [0.29, 0.717) is 0 Å². The smallest absolute Gasteiger partial charge is 0.387 e. The van der Waals surface area contributed by atoms with Gasteiger partial charge in [0.2, 0.25) is 0 Å². The van der Waals surface area contributed by atoms with Gasteiger partial charge in [-0.1, -0.05) is 0 Å². The highest BCUT2D eigenvalue weighted by Crippen LogP contribution is 2.66. The zero-order chi connectivity index (χ0) is 23.7. The van der Waals surface area contributed by atoms with E-state index in [1.165, 1.54) is 16.3 Å². The molecule has 4 aliphatic heterocycles. The molecule has 0 aromatic heterocycles.